The Morgan fingerprint density at radius 1 is 1.15 bits per heavy atom. The molecule has 0 bridgehead atoms. The average Bonchev–Trinajstić information content (AvgIpc) is 2.39. The maximum atomic E-state index is 11.4. The van der Waals surface area contributed by atoms with Crippen molar-refractivity contribution in [2.45, 2.75) is 0 Å². The number of ether oxygens (including phenoxy) is 1. The van der Waals surface area contributed by atoms with E-state index < -0.39 is 5.97 Å². The standard InChI is InChI=1S/C14H12Cl2N2O2/c1-20-14(19)8-2-3-13(12(17)4-8)18-11-6-9(15)5-10(16)7-11/h2-7,18H,17H2,1H3. The average molecular weight is 311 g/mol. The molecule has 2 aromatic rings. The molecule has 0 aliphatic heterocycles. The van der Waals surface area contributed by atoms with E-state index in [1.165, 1.54) is 7.11 Å². The predicted octanol–water partition coefficient (Wildman–Crippen LogP) is 4.11. The molecule has 0 aromatic heterocycles. The summed E-state index contributed by atoms with van der Waals surface area (Å²) in [6.45, 7) is 0. The van der Waals surface area contributed by atoms with E-state index in [4.69, 9.17) is 28.9 Å². The Labute approximate surface area is 126 Å². The summed E-state index contributed by atoms with van der Waals surface area (Å²) in [5.74, 6) is -0.436. The highest BCUT2D eigenvalue weighted by Crippen LogP contribution is 2.28. The van der Waals surface area contributed by atoms with Gasteiger partial charge in [-0.15, -0.1) is 0 Å². The normalized spacial score (nSPS) is 10.2. The first kappa shape index (κ1) is 14.5. The van der Waals surface area contributed by atoms with E-state index in [2.05, 4.69) is 10.1 Å². The molecule has 3 N–H and O–H groups in total. The maximum absolute atomic E-state index is 11.4. The lowest BCUT2D eigenvalue weighted by molar-refractivity contribution is 0.0601. The van der Waals surface area contributed by atoms with Crippen LogP contribution in [0, 0.1) is 0 Å². The van der Waals surface area contributed by atoms with Crippen molar-refractivity contribution in [1.82, 2.24) is 0 Å². The summed E-state index contributed by atoms with van der Waals surface area (Å²) >= 11 is 11.8. The van der Waals surface area contributed by atoms with Crippen LogP contribution in [0.4, 0.5) is 17.1 Å². The van der Waals surface area contributed by atoms with E-state index >= 15 is 0 Å². The zero-order valence-electron chi connectivity index (χ0n) is 10.6. The molecule has 6 heteroatoms. The van der Waals surface area contributed by atoms with Gasteiger partial charge in [-0.2, -0.15) is 0 Å². The van der Waals surface area contributed by atoms with E-state index in [0.29, 0.717) is 32.7 Å². The number of anilines is 3. The van der Waals surface area contributed by atoms with Crippen LogP contribution in [0.1, 0.15) is 10.4 Å². The van der Waals surface area contributed by atoms with Gasteiger partial charge in [0.25, 0.3) is 0 Å². The molecule has 0 atom stereocenters. The molecule has 4 nitrogen and oxygen atoms in total. The summed E-state index contributed by atoms with van der Waals surface area (Å²) in [6, 6.07) is 9.94. The van der Waals surface area contributed by atoms with Gasteiger partial charge in [-0.25, -0.2) is 4.79 Å². The van der Waals surface area contributed by atoms with Gasteiger partial charge in [0.15, 0.2) is 0 Å². The number of carbonyl (C=O) groups excluding carboxylic acids is 1. The molecule has 0 saturated carbocycles. The van der Waals surface area contributed by atoms with Crippen LogP contribution in [0.15, 0.2) is 36.4 Å². The number of methoxy groups -OCH3 is 1. The highest BCUT2D eigenvalue weighted by molar-refractivity contribution is 6.35. The topological polar surface area (TPSA) is 64.3 Å². The summed E-state index contributed by atoms with van der Waals surface area (Å²) in [7, 11) is 1.32. The Hall–Kier alpha value is -1.91. The second kappa shape index (κ2) is 6.03. The number of nitrogen functional groups attached to an aromatic ring is 1. The third-order valence-corrected chi connectivity index (χ3v) is 3.05. The molecule has 0 aliphatic carbocycles. The van der Waals surface area contributed by atoms with Crippen molar-refractivity contribution in [2.24, 2.45) is 0 Å². The first-order valence-electron chi connectivity index (χ1n) is 5.70. The first-order chi connectivity index (χ1) is 9.49. The summed E-state index contributed by atoms with van der Waals surface area (Å²) in [4.78, 5) is 11.4. The lowest BCUT2D eigenvalue weighted by Gasteiger charge is -2.11. The van der Waals surface area contributed by atoms with E-state index in [0.717, 1.165) is 0 Å². The number of hydrogen-bond donors (Lipinski definition) is 2. The number of halogens is 2. The highest BCUT2D eigenvalue weighted by Gasteiger charge is 2.08. The minimum absolute atomic E-state index is 0.389. The van der Waals surface area contributed by atoms with Gasteiger partial charge >= 0.3 is 5.97 Å². The molecule has 0 spiro atoms. The van der Waals surface area contributed by atoms with Crippen molar-refractivity contribution >= 4 is 46.2 Å². The van der Waals surface area contributed by atoms with Crippen LogP contribution < -0.4 is 11.1 Å². The minimum Gasteiger partial charge on any atom is -0.465 e. The monoisotopic (exact) mass is 310 g/mol. The van der Waals surface area contributed by atoms with Crippen LogP contribution in [0.5, 0.6) is 0 Å². The van der Waals surface area contributed by atoms with Crippen LogP contribution >= 0.6 is 23.2 Å². The van der Waals surface area contributed by atoms with Crippen molar-refractivity contribution in [1.29, 1.82) is 0 Å². The molecular weight excluding hydrogens is 299 g/mol. The largest absolute Gasteiger partial charge is 0.465 e. The second-order valence-corrected chi connectivity index (χ2v) is 4.95. The Kier molecular flexibility index (Phi) is 4.37. The van der Waals surface area contributed by atoms with Crippen LogP contribution in [0.2, 0.25) is 10.0 Å². The van der Waals surface area contributed by atoms with Crippen molar-refractivity contribution in [3.05, 3.63) is 52.0 Å². The van der Waals surface area contributed by atoms with Gasteiger partial charge in [-0.05, 0) is 36.4 Å². The lowest BCUT2D eigenvalue weighted by atomic mass is 10.1. The Balaban J connectivity index is 2.27. The van der Waals surface area contributed by atoms with Crippen LogP contribution in [-0.2, 0) is 4.74 Å². The maximum Gasteiger partial charge on any atom is 0.337 e. The van der Waals surface area contributed by atoms with Gasteiger partial charge < -0.3 is 15.8 Å². The number of hydrogen-bond acceptors (Lipinski definition) is 4. The Bertz CT molecular complexity index is 639. The third-order valence-electron chi connectivity index (χ3n) is 2.61. The number of benzene rings is 2. The Morgan fingerprint density at radius 3 is 2.35 bits per heavy atom. The zero-order chi connectivity index (χ0) is 14.7. The SMILES string of the molecule is COC(=O)c1ccc(Nc2cc(Cl)cc(Cl)c2)c(N)c1. The molecule has 104 valence electrons. The molecule has 0 saturated heterocycles. The molecule has 0 heterocycles. The lowest BCUT2D eigenvalue weighted by Crippen LogP contribution is -2.03. The van der Waals surface area contributed by atoms with E-state index in [9.17, 15) is 4.79 Å². The molecular formula is C14H12Cl2N2O2. The highest BCUT2D eigenvalue weighted by atomic mass is 35.5. The van der Waals surface area contributed by atoms with Gasteiger partial charge in [0.1, 0.15) is 0 Å². The second-order valence-electron chi connectivity index (χ2n) is 4.08. The number of rotatable bonds is 3. The molecule has 2 aromatic carbocycles. The smallest absolute Gasteiger partial charge is 0.337 e. The number of nitrogens with two attached hydrogens (primary N) is 1. The number of carbonyl (C=O) groups is 1. The van der Waals surface area contributed by atoms with E-state index in [-0.39, 0.29) is 0 Å². The van der Waals surface area contributed by atoms with Crippen molar-refractivity contribution in [2.75, 3.05) is 18.2 Å². The van der Waals surface area contributed by atoms with Crippen molar-refractivity contribution in [3.63, 3.8) is 0 Å². The van der Waals surface area contributed by atoms with Gasteiger partial charge in [0, 0.05) is 15.7 Å². The molecule has 0 aliphatic rings. The van der Waals surface area contributed by atoms with Crippen LogP contribution in [0.3, 0.4) is 0 Å². The predicted molar refractivity (Wildman–Crippen MR) is 81.9 cm³/mol. The molecule has 0 radical (unpaired) electrons. The van der Waals surface area contributed by atoms with Crippen LogP contribution in [0.25, 0.3) is 0 Å². The number of esters is 1. The molecule has 0 unspecified atom stereocenters. The molecule has 0 amide bonds. The summed E-state index contributed by atoms with van der Waals surface area (Å²) in [6.07, 6.45) is 0. The zero-order valence-corrected chi connectivity index (χ0v) is 12.1. The fourth-order valence-corrected chi connectivity index (χ4v) is 2.23. The van der Waals surface area contributed by atoms with E-state index in [1.807, 2.05) is 0 Å². The fraction of sp³-hybridized carbons (Fsp3) is 0.0714. The van der Waals surface area contributed by atoms with Crippen molar-refractivity contribution < 1.29 is 9.53 Å². The molecule has 2 rings (SSSR count). The molecule has 0 fully saturated rings. The third kappa shape index (κ3) is 3.35. The summed E-state index contributed by atoms with van der Waals surface area (Å²) in [5.41, 5.74) is 8.07. The van der Waals surface area contributed by atoms with E-state index in [1.54, 1.807) is 36.4 Å². The van der Waals surface area contributed by atoms with Crippen molar-refractivity contribution in [3.8, 4) is 0 Å². The van der Waals surface area contributed by atoms with Gasteiger partial charge in [0.05, 0.1) is 24.0 Å². The fourth-order valence-electron chi connectivity index (χ4n) is 1.70. The minimum atomic E-state index is -0.436. The first-order valence-corrected chi connectivity index (χ1v) is 6.46. The van der Waals surface area contributed by atoms with Crippen LogP contribution in [-0.4, -0.2) is 13.1 Å². The summed E-state index contributed by atoms with van der Waals surface area (Å²) in [5, 5.41) is 4.13. The van der Waals surface area contributed by atoms with Gasteiger partial charge in [-0.1, -0.05) is 23.2 Å². The summed E-state index contributed by atoms with van der Waals surface area (Å²) < 4.78 is 4.63. The Morgan fingerprint density at radius 2 is 1.80 bits per heavy atom. The molecule has 20 heavy (non-hydrogen) atoms. The number of nitrogens with one attached hydrogen (secondary N) is 1. The quantitative estimate of drug-likeness (QED) is 0.661. The van der Waals surface area contributed by atoms with Gasteiger partial charge in [0.2, 0.25) is 0 Å². The van der Waals surface area contributed by atoms with Gasteiger partial charge in [-0.3, -0.25) is 0 Å².